The van der Waals surface area contributed by atoms with Crippen molar-refractivity contribution in [2.75, 3.05) is 25.0 Å². The van der Waals surface area contributed by atoms with Crippen molar-refractivity contribution in [3.63, 3.8) is 0 Å². The molecule has 1 amide bonds. The van der Waals surface area contributed by atoms with E-state index in [1.807, 2.05) is 12.1 Å². The van der Waals surface area contributed by atoms with Crippen molar-refractivity contribution in [3.8, 4) is 5.75 Å². The lowest BCUT2D eigenvalue weighted by Crippen LogP contribution is -2.49. The van der Waals surface area contributed by atoms with Gasteiger partial charge >= 0.3 is 0 Å². The van der Waals surface area contributed by atoms with Crippen LogP contribution in [-0.2, 0) is 0 Å². The maximum absolute atomic E-state index is 13.4. The summed E-state index contributed by atoms with van der Waals surface area (Å²) in [6, 6.07) is 7.06. The Labute approximate surface area is 139 Å². The Bertz CT molecular complexity index is 726. The van der Waals surface area contributed by atoms with E-state index in [0.29, 0.717) is 6.54 Å². The lowest BCUT2D eigenvalue weighted by Gasteiger charge is -2.38. The van der Waals surface area contributed by atoms with Crippen molar-refractivity contribution in [2.45, 2.75) is 18.9 Å². The van der Waals surface area contributed by atoms with Gasteiger partial charge in [0.1, 0.15) is 11.6 Å². The first-order valence-electron chi connectivity index (χ1n) is 7.84. The molecule has 1 atom stereocenters. The number of carbonyl (C=O) groups is 1. The van der Waals surface area contributed by atoms with Gasteiger partial charge in [0, 0.05) is 32.4 Å². The van der Waals surface area contributed by atoms with Crippen LogP contribution < -0.4 is 4.90 Å². The minimum atomic E-state index is -0.547. The molecule has 0 bridgehead atoms. The second-order valence-electron chi connectivity index (χ2n) is 5.90. The van der Waals surface area contributed by atoms with Gasteiger partial charge in [0.2, 0.25) is 0 Å². The lowest BCUT2D eigenvalue weighted by molar-refractivity contribution is 0.0713. The summed E-state index contributed by atoms with van der Waals surface area (Å²) in [6.45, 7) is 1.47. The molecular formula is C17H19FN4O2. The number of hydrogen-bond acceptors (Lipinski definition) is 5. The molecule has 7 heteroatoms. The summed E-state index contributed by atoms with van der Waals surface area (Å²) in [5.74, 6) is -0.376. The van der Waals surface area contributed by atoms with Crippen LogP contribution in [0.2, 0.25) is 0 Å². The molecule has 126 valence electrons. The van der Waals surface area contributed by atoms with Gasteiger partial charge < -0.3 is 14.9 Å². The third-order valence-electron chi connectivity index (χ3n) is 4.34. The molecule has 0 radical (unpaired) electrons. The van der Waals surface area contributed by atoms with Crippen LogP contribution in [0.5, 0.6) is 5.75 Å². The number of aromatic nitrogens is 2. The van der Waals surface area contributed by atoms with Crippen LogP contribution in [0.25, 0.3) is 0 Å². The highest BCUT2D eigenvalue weighted by Gasteiger charge is 2.28. The average molecular weight is 330 g/mol. The van der Waals surface area contributed by atoms with E-state index in [9.17, 15) is 14.3 Å². The van der Waals surface area contributed by atoms with Gasteiger partial charge in [-0.15, -0.1) is 5.10 Å². The molecule has 1 unspecified atom stereocenters. The van der Waals surface area contributed by atoms with Crippen LogP contribution in [0, 0.1) is 5.82 Å². The van der Waals surface area contributed by atoms with Gasteiger partial charge in [0.25, 0.3) is 5.91 Å². The molecule has 1 aromatic heterocycles. The predicted molar refractivity (Wildman–Crippen MR) is 87.4 cm³/mol. The number of hydrogen-bond donors (Lipinski definition) is 1. The van der Waals surface area contributed by atoms with Crippen LogP contribution >= 0.6 is 0 Å². The van der Waals surface area contributed by atoms with Crippen LogP contribution in [0.15, 0.2) is 36.5 Å². The number of anilines is 1. The molecule has 6 nitrogen and oxygen atoms in total. The highest BCUT2D eigenvalue weighted by atomic mass is 19.1. The fraction of sp³-hybridized carbons (Fsp3) is 0.353. The molecule has 2 heterocycles. The van der Waals surface area contributed by atoms with E-state index < -0.39 is 11.7 Å². The zero-order valence-corrected chi connectivity index (χ0v) is 13.4. The molecule has 2 aromatic rings. The van der Waals surface area contributed by atoms with E-state index in [1.165, 1.54) is 6.07 Å². The monoisotopic (exact) mass is 330 g/mol. The molecule has 1 aliphatic heterocycles. The Hall–Kier alpha value is -2.70. The van der Waals surface area contributed by atoms with Gasteiger partial charge in [-0.05, 0) is 43.2 Å². The Balaban J connectivity index is 1.75. The molecule has 1 N–H and O–H groups in total. The quantitative estimate of drug-likeness (QED) is 0.933. The molecule has 0 spiro atoms. The second kappa shape index (κ2) is 6.82. The van der Waals surface area contributed by atoms with Crippen molar-refractivity contribution in [2.24, 2.45) is 0 Å². The number of benzene rings is 1. The standard InChI is InChI=1S/C17H19FN4O2/c1-21(17(24)14-10-12(18)6-7-15(14)23)13-4-3-9-22(11-13)16-5-2-8-19-20-16/h2,5-8,10,13,23H,3-4,9,11H2,1H3. The first kappa shape index (κ1) is 16.2. The molecule has 0 saturated carbocycles. The highest BCUT2D eigenvalue weighted by Crippen LogP contribution is 2.24. The summed E-state index contributed by atoms with van der Waals surface area (Å²) in [4.78, 5) is 16.3. The molecule has 1 fully saturated rings. The largest absolute Gasteiger partial charge is 0.507 e. The fourth-order valence-electron chi connectivity index (χ4n) is 2.98. The van der Waals surface area contributed by atoms with Gasteiger partial charge in [-0.1, -0.05) is 0 Å². The number of likely N-dealkylation sites (N-methyl/N-ethyl adjacent to an activating group) is 1. The maximum atomic E-state index is 13.4. The minimum absolute atomic E-state index is 0.0193. The molecule has 1 aliphatic rings. The summed E-state index contributed by atoms with van der Waals surface area (Å²) < 4.78 is 13.4. The SMILES string of the molecule is CN(C(=O)c1cc(F)ccc1O)C1CCCN(c2cccnn2)C1. The van der Waals surface area contributed by atoms with Crippen molar-refractivity contribution < 1.29 is 14.3 Å². The van der Waals surface area contributed by atoms with Crippen molar-refractivity contribution >= 4 is 11.7 Å². The summed E-state index contributed by atoms with van der Waals surface area (Å²) in [5.41, 5.74) is -0.0193. The highest BCUT2D eigenvalue weighted by molar-refractivity contribution is 5.96. The zero-order valence-electron chi connectivity index (χ0n) is 13.4. The van der Waals surface area contributed by atoms with E-state index in [-0.39, 0.29) is 17.4 Å². The van der Waals surface area contributed by atoms with Crippen LogP contribution in [-0.4, -0.2) is 52.3 Å². The summed E-state index contributed by atoms with van der Waals surface area (Å²) in [6.07, 6.45) is 3.37. The summed E-state index contributed by atoms with van der Waals surface area (Å²) in [7, 11) is 1.68. The minimum Gasteiger partial charge on any atom is -0.507 e. The van der Waals surface area contributed by atoms with Crippen LogP contribution in [0.3, 0.4) is 0 Å². The number of halogens is 1. The van der Waals surface area contributed by atoms with E-state index in [0.717, 1.165) is 37.3 Å². The van der Waals surface area contributed by atoms with Gasteiger partial charge in [0.05, 0.1) is 5.56 Å². The number of phenols is 1. The molecule has 3 rings (SSSR count). The molecule has 1 saturated heterocycles. The van der Waals surface area contributed by atoms with Crippen LogP contribution in [0.1, 0.15) is 23.2 Å². The topological polar surface area (TPSA) is 69.6 Å². The Kier molecular flexibility index (Phi) is 4.59. The van der Waals surface area contributed by atoms with E-state index in [2.05, 4.69) is 15.1 Å². The Morgan fingerprint density at radius 2 is 2.25 bits per heavy atom. The van der Waals surface area contributed by atoms with Gasteiger partial charge in [0.15, 0.2) is 5.82 Å². The first-order chi connectivity index (χ1) is 11.6. The van der Waals surface area contributed by atoms with Crippen molar-refractivity contribution in [1.29, 1.82) is 0 Å². The number of piperidine rings is 1. The molecular weight excluding hydrogens is 311 g/mol. The Morgan fingerprint density at radius 3 is 3.00 bits per heavy atom. The smallest absolute Gasteiger partial charge is 0.257 e. The number of nitrogens with zero attached hydrogens (tertiary/aromatic N) is 4. The molecule has 0 aliphatic carbocycles. The van der Waals surface area contributed by atoms with Gasteiger partial charge in [-0.3, -0.25) is 4.79 Å². The third kappa shape index (κ3) is 3.29. The number of rotatable bonds is 3. The average Bonchev–Trinajstić information content (AvgIpc) is 2.63. The van der Waals surface area contributed by atoms with E-state index in [4.69, 9.17) is 0 Å². The first-order valence-corrected chi connectivity index (χ1v) is 7.84. The zero-order chi connectivity index (χ0) is 17.1. The third-order valence-corrected chi connectivity index (χ3v) is 4.34. The summed E-state index contributed by atoms with van der Waals surface area (Å²) >= 11 is 0. The maximum Gasteiger partial charge on any atom is 0.257 e. The van der Waals surface area contributed by atoms with Crippen molar-refractivity contribution in [3.05, 3.63) is 47.9 Å². The van der Waals surface area contributed by atoms with Gasteiger partial charge in [-0.2, -0.15) is 5.10 Å². The molecule has 1 aromatic carbocycles. The number of phenolic OH excluding ortho intramolecular Hbond substituents is 1. The predicted octanol–water partition coefficient (Wildman–Crippen LogP) is 2.06. The van der Waals surface area contributed by atoms with E-state index in [1.54, 1.807) is 18.1 Å². The number of aromatic hydroxyl groups is 1. The lowest BCUT2D eigenvalue weighted by atomic mass is 10.0. The fourth-order valence-corrected chi connectivity index (χ4v) is 2.98. The number of carbonyl (C=O) groups excluding carboxylic acids is 1. The molecule has 24 heavy (non-hydrogen) atoms. The van der Waals surface area contributed by atoms with Crippen molar-refractivity contribution in [1.82, 2.24) is 15.1 Å². The Morgan fingerprint density at radius 1 is 1.42 bits per heavy atom. The normalized spacial score (nSPS) is 17.6. The van der Waals surface area contributed by atoms with E-state index >= 15 is 0 Å². The number of amides is 1. The van der Waals surface area contributed by atoms with Gasteiger partial charge in [-0.25, -0.2) is 4.39 Å². The second-order valence-corrected chi connectivity index (χ2v) is 5.90. The summed E-state index contributed by atoms with van der Waals surface area (Å²) in [5, 5.41) is 17.8. The van der Waals surface area contributed by atoms with Crippen LogP contribution in [0.4, 0.5) is 10.2 Å².